The van der Waals surface area contributed by atoms with E-state index in [1.54, 1.807) is 22.6 Å². The van der Waals surface area contributed by atoms with Crippen molar-refractivity contribution in [2.24, 2.45) is 5.92 Å². The maximum Gasteiger partial charge on any atom is 0.268 e. The van der Waals surface area contributed by atoms with Gasteiger partial charge in [-0.3, -0.25) is 4.79 Å². The summed E-state index contributed by atoms with van der Waals surface area (Å²) in [5, 5.41) is 9.52. The van der Waals surface area contributed by atoms with Gasteiger partial charge in [-0.15, -0.1) is 0 Å². The molecular formula is C11H15IN2O2. The second-order valence-corrected chi connectivity index (χ2v) is 5.62. The van der Waals surface area contributed by atoms with Gasteiger partial charge in [-0.05, 0) is 41.4 Å². The Morgan fingerprint density at radius 3 is 2.56 bits per heavy atom. The minimum absolute atomic E-state index is 0.141. The molecule has 0 amide bonds. The Hall–Kier alpha value is -0.590. The molecule has 0 bridgehead atoms. The Morgan fingerprint density at radius 2 is 2.00 bits per heavy atom. The van der Waals surface area contributed by atoms with Gasteiger partial charge >= 0.3 is 0 Å². The van der Waals surface area contributed by atoms with Crippen molar-refractivity contribution in [2.75, 3.05) is 0 Å². The summed E-state index contributed by atoms with van der Waals surface area (Å²) in [5.41, 5.74) is -0.235. The number of nitrogens with zero attached hydrogens (tertiary/aromatic N) is 1. The predicted molar refractivity (Wildman–Crippen MR) is 69.6 cm³/mol. The van der Waals surface area contributed by atoms with Gasteiger partial charge in [0.1, 0.15) is 9.39 Å². The van der Waals surface area contributed by atoms with Crippen LogP contribution in [0.2, 0.25) is 0 Å². The molecule has 0 aromatic carbocycles. The number of halogens is 1. The number of nitrogens with one attached hydrogen (secondary N) is 1. The van der Waals surface area contributed by atoms with Crippen molar-refractivity contribution in [3.05, 3.63) is 19.7 Å². The van der Waals surface area contributed by atoms with E-state index in [-0.39, 0.29) is 15.0 Å². The lowest BCUT2D eigenvalue weighted by Gasteiger charge is -2.25. The van der Waals surface area contributed by atoms with Crippen LogP contribution in [0.3, 0.4) is 0 Å². The fraction of sp³-hybridized carbons (Fsp3) is 0.636. The molecule has 16 heavy (non-hydrogen) atoms. The first-order valence-electron chi connectivity index (χ1n) is 5.56. The fourth-order valence-electron chi connectivity index (χ4n) is 2.19. The zero-order chi connectivity index (χ0) is 11.7. The molecule has 0 saturated heterocycles. The molecule has 1 heterocycles. The van der Waals surface area contributed by atoms with E-state index in [1.807, 2.05) is 0 Å². The summed E-state index contributed by atoms with van der Waals surface area (Å²) in [6.07, 6.45) is 4.43. The summed E-state index contributed by atoms with van der Waals surface area (Å²) >= 11 is 1.80. The fourth-order valence-corrected chi connectivity index (χ4v) is 2.45. The molecule has 0 aliphatic heterocycles. The van der Waals surface area contributed by atoms with Crippen LogP contribution in [0, 0.1) is 9.49 Å². The van der Waals surface area contributed by atoms with Crippen LogP contribution in [0.4, 0.5) is 0 Å². The molecular weight excluding hydrogens is 319 g/mol. The Kier molecular flexibility index (Phi) is 3.51. The maximum atomic E-state index is 11.5. The number of hydrogen-bond donors (Lipinski definition) is 2. The third-order valence-electron chi connectivity index (χ3n) is 3.27. The van der Waals surface area contributed by atoms with Crippen LogP contribution in [0.25, 0.3) is 0 Å². The van der Waals surface area contributed by atoms with Gasteiger partial charge in [-0.2, -0.15) is 4.98 Å². The Bertz CT molecular complexity index is 436. The third-order valence-corrected chi connectivity index (χ3v) is 4.24. The summed E-state index contributed by atoms with van der Waals surface area (Å²) < 4.78 is 0.269. The van der Waals surface area contributed by atoms with Crippen molar-refractivity contribution in [1.29, 1.82) is 0 Å². The second kappa shape index (κ2) is 4.73. The van der Waals surface area contributed by atoms with E-state index in [9.17, 15) is 9.90 Å². The molecule has 88 valence electrons. The maximum absolute atomic E-state index is 11.5. The van der Waals surface area contributed by atoms with Crippen LogP contribution in [0.5, 0.6) is 5.88 Å². The molecule has 2 N–H and O–H groups in total. The Labute approximate surface area is 108 Å². The van der Waals surface area contributed by atoms with Gasteiger partial charge in [-0.1, -0.05) is 19.8 Å². The molecule has 0 spiro atoms. The molecule has 1 saturated carbocycles. The number of aromatic nitrogens is 2. The summed E-state index contributed by atoms with van der Waals surface area (Å²) in [4.78, 5) is 18.3. The zero-order valence-electron chi connectivity index (χ0n) is 9.16. The van der Waals surface area contributed by atoms with Crippen molar-refractivity contribution >= 4 is 22.6 Å². The third kappa shape index (κ3) is 2.39. The van der Waals surface area contributed by atoms with Crippen molar-refractivity contribution in [2.45, 2.75) is 38.5 Å². The Balaban J connectivity index is 2.24. The van der Waals surface area contributed by atoms with Gasteiger partial charge in [0, 0.05) is 5.92 Å². The zero-order valence-corrected chi connectivity index (χ0v) is 11.3. The molecule has 4 nitrogen and oxygen atoms in total. The van der Waals surface area contributed by atoms with Crippen molar-refractivity contribution < 1.29 is 5.11 Å². The number of aromatic amines is 1. The average Bonchev–Trinajstić information content (AvgIpc) is 2.26. The summed E-state index contributed by atoms with van der Waals surface area (Å²) in [5.74, 6) is 1.57. The van der Waals surface area contributed by atoms with E-state index in [0.717, 1.165) is 18.8 Å². The van der Waals surface area contributed by atoms with E-state index >= 15 is 0 Å². The van der Waals surface area contributed by atoms with Crippen LogP contribution in [0.1, 0.15) is 44.3 Å². The van der Waals surface area contributed by atoms with E-state index in [0.29, 0.717) is 11.7 Å². The van der Waals surface area contributed by atoms with Gasteiger partial charge in [0.05, 0.1) is 0 Å². The summed E-state index contributed by atoms with van der Waals surface area (Å²) in [7, 11) is 0. The lowest BCUT2D eigenvalue weighted by Crippen LogP contribution is -2.19. The van der Waals surface area contributed by atoms with Crippen LogP contribution in [-0.2, 0) is 0 Å². The molecule has 1 aliphatic rings. The smallest absolute Gasteiger partial charge is 0.268 e. The molecule has 5 heteroatoms. The first-order chi connectivity index (χ1) is 7.58. The van der Waals surface area contributed by atoms with Crippen molar-refractivity contribution in [3.8, 4) is 5.88 Å². The summed E-state index contributed by atoms with van der Waals surface area (Å²) in [6, 6.07) is 0. The normalized spacial score (nSPS) is 25.6. The van der Waals surface area contributed by atoms with E-state index in [4.69, 9.17) is 0 Å². The van der Waals surface area contributed by atoms with Crippen LogP contribution in [0.15, 0.2) is 4.79 Å². The largest absolute Gasteiger partial charge is 0.492 e. The Morgan fingerprint density at radius 1 is 1.38 bits per heavy atom. The quantitative estimate of drug-likeness (QED) is 0.775. The molecule has 1 fully saturated rings. The van der Waals surface area contributed by atoms with E-state index in [2.05, 4.69) is 16.9 Å². The SMILES string of the molecule is CC1CCC(c2nc(O)c(I)c(=O)[nH]2)CC1. The molecule has 0 radical (unpaired) electrons. The lowest BCUT2D eigenvalue weighted by atomic mass is 9.82. The molecule has 2 rings (SSSR count). The van der Waals surface area contributed by atoms with Gasteiger partial charge in [-0.25, -0.2) is 0 Å². The highest BCUT2D eigenvalue weighted by molar-refractivity contribution is 14.1. The minimum atomic E-state index is -0.235. The standard InChI is InChI=1S/C11H15IN2O2/c1-6-2-4-7(5-3-6)9-13-10(15)8(12)11(16)14-9/h6-7H,2-5H2,1H3,(H2,13,14,15,16). The van der Waals surface area contributed by atoms with Crippen molar-refractivity contribution in [1.82, 2.24) is 9.97 Å². The van der Waals surface area contributed by atoms with Crippen molar-refractivity contribution in [3.63, 3.8) is 0 Å². The van der Waals surface area contributed by atoms with Gasteiger partial charge in [0.25, 0.3) is 5.56 Å². The molecule has 1 aromatic rings. The van der Waals surface area contributed by atoms with Gasteiger partial charge in [0.15, 0.2) is 0 Å². The summed E-state index contributed by atoms with van der Waals surface area (Å²) in [6.45, 7) is 2.25. The van der Waals surface area contributed by atoms with E-state index in [1.165, 1.54) is 12.8 Å². The van der Waals surface area contributed by atoms with Crippen LogP contribution >= 0.6 is 22.6 Å². The lowest BCUT2D eigenvalue weighted by molar-refractivity contribution is 0.335. The second-order valence-electron chi connectivity index (χ2n) is 4.55. The number of H-pyrrole nitrogens is 1. The van der Waals surface area contributed by atoms with Gasteiger partial charge in [0.2, 0.25) is 5.88 Å². The first kappa shape index (κ1) is 11.9. The highest BCUT2D eigenvalue weighted by atomic mass is 127. The molecule has 1 aromatic heterocycles. The first-order valence-corrected chi connectivity index (χ1v) is 6.64. The highest BCUT2D eigenvalue weighted by Gasteiger charge is 2.22. The molecule has 0 unspecified atom stereocenters. The minimum Gasteiger partial charge on any atom is -0.492 e. The monoisotopic (exact) mass is 334 g/mol. The predicted octanol–water partition coefficient (Wildman–Crippen LogP) is 2.37. The highest BCUT2D eigenvalue weighted by Crippen LogP contribution is 2.34. The number of hydrogen-bond acceptors (Lipinski definition) is 3. The van der Waals surface area contributed by atoms with Gasteiger partial charge < -0.3 is 10.1 Å². The molecule has 0 atom stereocenters. The average molecular weight is 334 g/mol. The van der Waals surface area contributed by atoms with E-state index < -0.39 is 0 Å². The topological polar surface area (TPSA) is 66.0 Å². The number of rotatable bonds is 1. The molecule has 1 aliphatic carbocycles. The number of aromatic hydroxyl groups is 1. The van der Waals surface area contributed by atoms with Crippen LogP contribution in [-0.4, -0.2) is 15.1 Å². The van der Waals surface area contributed by atoms with Crippen LogP contribution < -0.4 is 5.56 Å².